The van der Waals surface area contributed by atoms with Gasteiger partial charge in [-0.2, -0.15) is 0 Å². The molecule has 0 aromatic heterocycles. The van der Waals surface area contributed by atoms with Crippen molar-refractivity contribution in [2.24, 2.45) is 16.2 Å². The molecule has 9 rings (SSSR count). The zero-order valence-corrected chi connectivity index (χ0v) is 64.1. The molecule has 3 heterocycles. The van der Waals surface area contributed by atoms with Crippen LogP contribution in [-0.2, 0) is 135 Å². The van der Waals surface area contributed by atoms with Crippen LogP contribution in [0.5, 0.6) is 0 Å². The monoisotopic (exact) mass is 1480 g/mol. The van der Waals surface area contributed by atoms with E-state index < -0.39 is 132 Å². The number of benzene rings is 6. The summed E-state index contributed by atoms with van der Waals surface area (Å²) in [5.74, 6) is -2.20. The van der Waals surface area contributed by atoms with E-state index in [-0.39, 0.29) is 59.5 Å². The van der Waals surface area contributed by atoms with E-state index in [9.17, 15) is 19.2 Å². The molecule has 0 aliphatic carbocycles. The maximum absolute atomic E-state index is 14.8. The van der Waals surface area contributed by atoms with E-state index in [0.717, 1.165) is 59.1 Å². The highest BCUT2D eigenvalue weighted by Gasteiger charge is 2.56. The van der Waals surface area contributed by atoms with Crippen molar-refractivity contribution in [2.45, 2.75) is 239 Å². The van der Waals surface area contributed by atoms with Crippen molar-refractivity contribution < 1.29 is 95.0 Å². The minimum absolute atomic E-state index is 0.0152. The van der Waals surface area contributed by atoms with Crippen LogP contribution in [-0.4, -0.2) is 149 Å². The van der Waals surface area contributed by atoms with Crippen LogP contribution in [0, 0.1) is 16.2 Å². The number of rotatable bonds is 38. The predicted molar refractivity (Wildman–Crippen MR) is 401 cm³/mol. The smallest absolute Gasteiger partial charge is 0.311 e. The number of hydrogen-bond donors (Lipinski definition) is 0. The van der Waals surface area contributed by atoms with Crippen LogP contribution in [0.15, 0.2) is 194 Å². The molecule has 3 saturated heterocycles. The zero-order valence-electron chi connectivity index (χ0n) is 64.1. The Morgan fingerprint density at radius 2 is 0.626 bits per heavy atom. The SMILES string of the molecule is COCCC/C=C\CCCC[C@@H]1OC(CO[C@@H]2OC(CO[C@@H]3OC(COC(C)=O)[C@@H](OCc4ccccc4)[C@@H](OCc4ccccc4)C3OC(=O)C(C)(C)C)[C@@H](OCc3ccccc3)[C@@H](OCc3ccccc3)C2OC(=O)C(C)(C)C)[C@@H](OCc2ccccc2)[C@@H](OCc2ccccc2)C1OC(=O)C(C)(C)C. The molecule has 15 atom stereocenters. The van der Waals surface area contributed by atoms with Crippen molar-refractivity contribution in [1.82, 2.24) is 0 Å². The average molecular weight is 1480 g/mol. The maximum atomic E-state index is 14.8. The lowest BCUT2D eigenvalue weighted by atomic mass is 9.90. The number of allylic oxidation sites excluding steroid dienone is 2. The van der Waals surface area contributed by atoms with Crippen molar-refractivity contribution in [1.29, 1.82) is 0 Å². The number of methoxy groups -OCH3 is 1. The standard InChI is InChI=1S/C87H112O20/c1-60(88)93-57-69-72(95-52-62-39-25-18-26-40-62)76(98-55-65-45-31-21-32-46-65)78(106-83(90)86(5,6)7)81(103-69)101-59-70-73(96-53-63-41-27-19-28-42-63)77(99-56-66-47-33-22-34-48-66)79(107-84(91)87(8,9)10)80(104-70)100-58-68-71(94-51-61-37-23-17-24-38-61)75(97-54-64-43-29-20-30-44-64)74(105-82(89)85(2,3)4)67(102-68)49-35-15-13-12-14-16-36-50-92-11/h12,14,17-34,37-48,67-81H,13,15-16,35-36,49-59H2,1-11H3/b14-12-/t67-,68?,69?,70?,71+,72+,73+,74?,75+,76+,77+,78?,79?,80+,81+/m0/s1. The van der Waals surface area contributed by atoms with E-state index in [0.29, 0.717) is 19.4 Å². The predicted octanol–water partition coefficient (Wildman–Crippen LogP) is 14.7. The average Bonchev–Trinajstić information content (AvgIpc) is 0.781. The molecule has 6 aromatic carbocycles. The van der Waals surface area contributed by atoms with Gasteiger partial charge in [-0.1, -0.05) is 201 Å². The highest BCUT2D eigenvalue weighted by molar-refractivity contribution is 5.76. The van der Waals surface area contributed by atoms with Crippen LogP contribution in [0.1, 0.15) is 141 Å². The largest absolute Gasteiger partial charge is 0.463 e. The first-order valence-electron chi connectivity index (χ1n) is 37.6. The minimum Gasteiger partial charge on any atom is -0.463 e. The summed E-state index contributed by atoms with van der Waals surface area (Å²) in [5, 5.41) is 0. The highest BCUT2D eigenvalue weighted by atomic mass is 16.8. The number of esters is 4. The van der Waals surface area contributed by atoms with Crippen molar-refractivity contribution in [2.75, 3.05) is 33.5 Å². The molecule has 3 fully saturated rings. The molecule has 0 radical (unpaired) electrons. The molecule has 20 nitrogen and oxygen atoms in total. The van der Waals surface area contributed by atoms with E-state index >= 15 is 0 Å². The lowest BCUT2D eigenvalue weighted by Crippen LogP contribution is -2.65. The molecule has 20 heteroatoms. The van der Waals surface area contributed by atoms with Gasteiger partial charge in [0.2, 0.25) is 0 Å². The van der Waals surface area contributed by atoms with E-state index in [1.54, 1.807) is 48.7 Å². The lowest BCUT2D eigenvalue weighted by Gasteiger charge is -2.49. The zero-order chi connectivity index (χ0) is 76.2. The molecule has 0 spiro atoms. The van der Waals surface area contributed by atoms with E-state index in [1.165, 1.54) is 6.92 Å². The van der Waals surface area contributed by atoms with Gasteiger partial charge < -0.3 is 75.8 Å². The van der Waals surface area contributed by atoms with Gasteiger partial charge in [-0.3, -0.25) is 19.2 Å². The van der Waals surface area contributed by atoms with Gasteiger partial charge in [0.05, 0.1) is 75.2 Å². The first-order chi connectivity index (χ1) is 51.5. The third-order valence-corrected chi connectivity index (χ3v) is 18.5. The van der Waals surface area contributed by atoms with Crippen molar-refractivity contribution in [3.8, 4) is 0 Å². The summed E-state index contributed by atoms with van der Waals surface area (Å²) < 4.78 is 109. The number of ether oxygens (including phenoxy) is 16. The molecule has 3 aliphatic heterocycles. The Labute approximate surface area is 632 Å². The Bertz CT molecular complexity index is 3580. The molecule has 107 heavy (non-hydrogen) atoms. The second kappa shape index (κ2) is 41.9. The van der Waals surface area contributed by atoms with Crippen LogP contribution in [0.2, 0.25) is 0 Å². The van der Waals surface area contributed by atoms with Gasteiger partial charge in [-0.05, 0) is 128 Å². The number of carbonyl (C=O) groups is 4. The quantitative estimate of drug-likeness (QED) is 0.0152. The summed E-state index contributed by atoms with van der Waals surface area (Å²) in [5.41, 5.74) is 1.99. The van der Waals surface area contributed by atoms with Crippen LogP contribution >= 0.6 is 0 Å². The summed E-state index contributed by atoms with van der Waals surface area (Å²) in [4.78, 5) is 56.7. The van der Waals surface area contributed by atoms with Crippen molar-refractivity contribution in [3.05, 3.63) is 228 Å². The number of carbonyl (C=O) groups excluding carboxylic acids is 4. The molecular weight excluding hydrogens is 1360 g/mol. The molecule has 6 aromatic rings. The normalized spacial score (nSPS) is 24.9. The second-order valence-corrected chi connectivity index (χ2v) is 30.6. The van der Waals surface area contributed by atoms with Gasteiger partial charge in [-0.25, -0.2) is 0 Å². The third kappa shape index (κ3) is 26.4. The van der Waals surface area contributed by atoms with Gasteiger partial charge in [0.15, 0.2) is 30.9 Å². The Morgan fingerprint density at radius 3 is 0.944 bits per heavy atom. The Morgan fingerprint density at radius 1 is 0.336 bits per heavy atom. The van der Waals surface area contributed by atoms with E-state index in [4.69, 9.17) is 75.8 Å². The van der Waals surface area contributed by atoms with Gasteiger partial charge in [0.1, 0.15) is 61.5 Å². The maximum Gasteiger partial charge on any atom is 0.311 e. The van der Waals surface area contributed by atoms with Crippen LogP contribution in [0.25, 0.3) is 0 Å². The molecule has 0 bridgehead atoms. The van der Waals surface area contributed by atoms with Crippen LogP contribution < -0.4 is 0 Å². The first kappa shape index (κ1) is 83.5. The lowest BCUT2D eigenvalue weighted by molar-refractivity contribution is -0.351. The summed E-state index contributed by atoms with van der Waals surface area (Å²) in [6, 6.07) is 57.7. The van der Waals surface area contributed by atoms with Crippen molar-refractivity contribution >= 4 is 23.9 Å². The van der Waals surface area contributed by atoms with Gasteiger partial charge in [0, 0.05) is 20.6 Å². The van der Waals surface area contributed by atoms with Crippen molar-refractivity contribution in [3.63, 3.8) is 0 Å². The van der Waals surface area contributed by atoms with Gasteiger partial charge in [0.25, 0.3) is 0 Å². The van der Waals surface area contributed by atoms with E-state index in [2.05, 4.69) is 12.2 Å². The molecule has 0 saturated carbocycles. The fourth-order valence-corrected chi connectivity index (χ4v) is 12.5. The summed E-state index contributed by atoms with van der Waals surface area (Å²) in [6.07, 6.45) is -8.06. The minimum atomic E-state index is -1.49. The summed E-state index contributed by atoms with van der Waals surface area (Å²) in [7, 11) is 1.70. The molecule has 6 unspecified atom stereocenters. The summed E-state index contributed by atoms with van der Waals surface area (Å²) in [6.45, 7) is 17.4. The molecule has 3 aliphatic rings. The Kier molecular flexibility index (Phi) is 32.7. The number of hydrogen-bond acceptors (Lipinski definition) is 20. The molecular formula is C87H112O20. The van der Waals surface area contributed by atoms with Gasteiger partial charge in [-0.15, -0.1) is 0 Å². The fourth-order valence-electron chi connectivity index (χ4n) is 12.5. The second-order valence-electron chi connectivity index (χ2n) is 30.6. The molecule has 0 N–H and O–H groups in total. The summed E-state index contributed by atoms with van der Waals surface area (Å²) >= 11 is 0. The fraction of sp³-hybridized carbons (Fsp3) is 0.517. The topological polar surface area (TPSA) is 216 Å². The van der Waals surface area contributed by atoms with Crippen LogP contribution in [0.3, 0.4) is 0 Å². The Balaban J connectivity index is 1.15. The first-order valence-corrected chi connectivity index (χ1v) is 37.6. The highest BCUT2D eigenvalue weighted by Crippen LogP contribution is 2.39. The molecule has 580 valence electrons. The number of unbranched alkanes of at least 4 members (excludes halogenated alkanes) is 3. The van der Waals surface area contributed by atoms with E-state index in [1.807, 2.05) is 203 Å². The van der Waals surface area contributed by atoms with Crippen LogP contribution in [0.4, 0.5) is 0 Å². The third-order valence-electron chi connectivity index (χ3n) is 18.5. The van der Waals surface area contributed by atoms with Gasteiger partial charge >= 0.3 is 23.9 Å². The molecule has 0 amide bonds. The Hall–Kier alpha value is -7.54.